The molecular weight excluding hydrogens is 451 g/mol. The van der Waals surface area contributed by atoms with Crippen molar-refractivity contribution in [3.05, 3.63) is 58.4 Å². The molecule has 1 aliphatic heterocycles. The fourth-order valence-corrected chi connectivity index (χ4v) is 5.21. The lowest BCUT2D eigenvalue weighted by Crippen LogP contribution is -2.44. The van der Waals surface area contributed by atoms with Gasteiger partial charge in [-0.1, -0.05) is 0 Å². The van der Waals surface area contributed by atoms with Crippen LogP contribution in [0.3, 0.4) is 0 Å². The molecule has 3 aromatic rings. The van der Waals surface area contributed by atoms with Crippen LogP contribution in [0.5, 0.6) is 5.88 Å². The average Bonchev–Trinajstić information content (AvgIpc) is 2.84. The number of aromatic hydroxyl groups is 1. The van der Waals surface area contributed by atoms with Gasteiger partial charge in [0.15, 0.2) is 0 Å². The van der Waals surface area contributed by atoms with E-state index in [9.17, 15) is 9.90 Å². The third-order valence-corrected chi connectivity index (χ3v) is 7.47. The highest BCUT2D eigenvalue weighted by atomic mass is 31.2. The predicted molar refractivity (Wildman–Crippen MR) is 139 cm³/mol. The van der Waals surface area contributed by atoms with Gasteiger partial charge in [0, 0.05) is 54.2 Å². The SMILES string of the molecule is CCOP(OCC)c1ccc2c(=O)[nH]c(O)c(C=Nc3ccc(N4CCN(C)CC4)cc3)c2c1. The van der Waals surface area contributed by atoms with Gasteiger partial charge in [0.2, 0.25) is 14.3 Å². The number of aromatic nitrogens is 1. The van der Waals surface area contributed by atoms with Crippen molar-refractivity contribution in [2.45, 2.75) is 13.8 Å². The maximum absolute atomic E-state index is 12.4. The largest absolute Gasteiger partial charge is 0.494 e. The first kappa shape index (κ1) is 24.4. The van der Waals surface area contributed by atoms with Crippen LogP contribution in [0.15, 0.2) is 52.3 Å². The highest BCUT2D eigenvalue weighted by Crippen LogP contribution is 2.38. The van der Waals surface area contributed by atoms with Crippen molar-refractivity contribution in [2.24, 2.45) is 4.99 Å². The molecular formula is C25H31N4O4P. The number of fused-ring (bicyclic) bond motifs is 1. The number of benzene rings is 2. The van der Waals surface area contributed by atoms with E-state index in [1.54, 1.807) is 12.3 Å². The first-order valence-corrected chi connectivity index (χ1v) is 12.7. The summed E-state index contributed by atoms with van der Waals surface area (Å²) < 4.78 is 11.5. The highest BCUT2D eigenvalue weighted by Gasteiger charge is 2.17. The fourth-order valence-electron chi connectivity index (χ4n) is 3.94. The molecule has 0 radical (unpaired) electrons. The molecule has 180 valence electrons. The minimum Gasteiger partial charge on any atom is -0.494 e. The molecule has 34 heavy (non-hydrogen) atoms. The second-order valence-corrected chi connectivity index (χ2v) is 9.65. The quantitative estimate of drug-likeness (QED) is 0.376. The highest BCUT2D eigenvalue weighted by molar-refractivity contribution is 7.56. The minimum atomic E-state index is -1.27. The summed E-state index contributed by atoms with van der Waals surface area (Å²) in [5.41, 5.74) is 2.03. The number of piperazine rings is 1. The first-order chi connectivity index (χ1) is 16.5. The predicted octanol–water partition coefficient (Wildman–Crippen LogP) is 3.75. The Bertz CT molecular complexity index is 1200. The molecule has 1 fully saturated rings. The Labute approximate surface area is 200 Å². The molecule has 0 aliphatic carbocycles. The topological polar surface area (TPSA) is 90.4 Å². The Kier molecular flexibility index (Phi) is 7.95. The average molecular weight is 483 g/mol. The monoisotopic (exact) mass is 482 g/mol. The van der Waals surface area contributed by atoms with Crippen molar-refractivity contribution in [1.82, 2.24) is 9.88 Å². The number of hydrogen-bond donors (Lipinski definition) is 2. The molecule has 2 N–H and O–H groups in total. The fraction of sp³-hybridized carbons (Fsp3) is 0.360. The van der Waals surface area contributed by atoms with E-state index in [2.05, 4.69) is 39.0 Å². The summed E-state index contributed by atoms with van der Waals surface area (Å²) >= 11 is 0. The molecule has 0 bridgehead atoms. The molecule has 1 aromatic heterocycles. The molecule has 4 rings (SSSR count). The molecule has 2 heterocycles. The minimum absolute atomic E-state index is 0.218. The van der Waals surface area contributed by atoms with Gasteiger partial charge in [0.1, 0.15) is 0 Å². The van der Waals surface area contributed by atoms with Crippen molar-refractivity contribution < 1.29 is 14.2 Å². The van der Waals surface area contributed by atoms with E-state index in [0.717, 1.165) is 37.2 Å². The molecule has 0 unspecified atom stereocenters. The lowest BCUT2D eigenvalue weighted by atomic mass is 10.1. The third-order valence-electron chi connectivity index (χ3n) is 5.79. The molecule has 0 saturated carbocycles. The lowest BCUT2D eigenvalue weighted by molar-refractivity contribution is 0.277. The zero-order valence-corrected chi connectivity index (χ0v) is 20.7. The molecule has 1 aliphatic rings. The van der Waals surface area contributed by atoms with Gasteiger partial charge in [-0.2, -0.15) is 0 Å². The van der Waals surface area contributed by atoms with Gasteiger partial charge in [0.05, 0.1) is 24.5 Å². The Morgan fingerprint density at radius 1 is 1.03 bits per heavy atom. The maximum Gasteiger partial charge on any atom is 0.258 e. The van der Waals surface area contributed by atoms with Gasteiger partial charge in [-0.05, 0) is 63.4 Å². The van der Waals surface area contributed by atoms with Gasteiger partial charge >= 0.3 is 0 Å². The summed E-state index contributed by atoms with van der Waals surface area (Å²) in [4.78, 5) is 24.2. The zero-order valence-electron chi connectivity index (χ0n) is 19.8. The number of rotatable bonds is 8. The van der Waals surface area contributed by atoms with E-state index in [0.29, 0.717) is 29.5 Å². The van der Waals surface area contributed by atoms with Gasteiger partial charge < -0.3 is 24.0 Å². The molecule has 9 heteroatoms. The second kappa shape index (κ2) is 11.1. The summed E-state index contributed by atoms with van der Waals surface area (Å²) in [5.74, 6) is -0.218. The van der Waals surface area contributed by atoms with Crippen LogP contribution in [-0.2, 0) is 9.05 Å². The number of likely N-dealkylation sites (N-methyl/N-ethyl adjacent to an activating group) is 1. The number of aromatic amines is 1. The van der Waals surface area contributed by atoms with Crippen molar-refractivity contribution in [3.8, 4) is 5.88 Å². The Hall–Kier alpha value is -2.77. The van der Waals surface area contributed by atoms with E-state index >= 15 is 0 Å². The molecule has 0 atom stereocenters. The third kappa shape index (κ3) is 5.47. The van der Waals surface area contributed by atoms with Crippen molar-refractivity contribution in [3.63, 3.8) is 0 Å². The Balaban J connectivity index is 1.64. The summed E-state index contributed by atoms with van der Waals surface area (Å²) in [5, 5.41) is 12.4. The number of nitrogens with zero attached hydrogens (tertiary/aromatic N) is 3. The first-order valence-electron chi connectivity index (χ1n) is 11.5. The van der Waals surface area contributed by atoms with Crippen molar-refractivity contribution in [1.29, 1.82) is 0 Å². The van der Waals surface area contributed by atoms with E-state index in [4.69, 9.17) is 9.05 Å². The van der Waals surface area contributed by atoms with Crippen LogP contribution in [0.1, 0.15) is 19.4 Å². The Morgan fingerprint density at radius 2 is 1.71 bits per heavy atom. The van der Waals surface area contributed by atoms with E-state index in [1.165, 1.54) is 5.69 Å². The van der Waals surface area contributed by atoms with Crippen LogP contribution in [0.2, 0.25) is 0 Å². The lowest BCUT2D eigenvalue weighted by Gasteiger charge is -2.34. The normalized spacial score (nSPS) is 15.1. The van der Waals surface area contributed by atoms with E-state index in [1.807, 2.05) is 38.1 Å². The van der Waals surface area contributed by atoms with Gasteiger partial charge in [-0.15, -0.1) is 0 Å². The number of hydrogen-bond acceptors (Lipinski definition) is 7. The number of H-pyrrole nitrogens is 1. The molecule has 8 nitrogen and oxygen atoms in total. The summed E-state index contributed by atoms with van der Waals surface area (Å²) in [6.07, 6.45) is 1.59. The van der Waals surface area contributed by atoms with E-state index < -0.39 is 8.38 Å². The van der Waals surface area contributed by atoms with Crippen molar-refractivity contribution >= 4 is 42.0 Å². The number of nitrogens with one attached hydrogen (secondary N) is 1. The second-order valence-electron chi connectivity index (χ2n) is 8.10. The Morgan fingerprint density at radius 3 is 2.35 bits per heavy atom. The summed E-state index contributed by atoms with van der Waals surface area (Å²) in [7, 11) is 0.869. The summed E-state index contributed by atoms with van der Waals surface area (Å²) in [6, 6.07) is 13.5. The maximum atomic E-state index is 12.4. The van der Waals surface area contributed by atoms with Crippen LogP contribution in [-0.4, -0.2) is 67.6 Å². The summed E-state index contributed by atoms with van der Waals surface area (Å²) in [6.45, 7) is 8.98. The zero-order chi connectivity index (χ0) is 24.1. The number of pyridine rings is 1. The van der Waals surface area contributed by atoms with Crippen LogP contribution < -0.4 is 15.8 Å². The molecule has 0 spiro atoms. The smallest absolute Gasteiger partial charge is 0.258 e. The van der Waals surface area contributed by atoms with Crippen LogP contribution in [0.4, 0.5) is 11.4 Å². The molecule has 0 amide bonds. The van der Waals surface area contributed by atoms with Crippen molar-refractivity contribution in [2.75, 3.05) is 51.3 Å². The standard InChI is InChI=1S/C25H31N4O4P/c1-4-32-34(33-5-2)20-10-11-21-22(16-20)23(25(31)27-24(21)30)17-26-18-6-8-19(9-7-18)29-14-12-28(3)13-15-29/h6-11,16-17H,4-5,12-15H2,1-3H3,(H2,27,30,31). The molecule has 2 aromatic carbocycles. The number of aliphatic imine (C=N–C) groups is 1. The van der Waals surface area contributed by atoms with Gasteiger partial charge in [-0.3, -0.25) is 14.8 Å². The van der Waals surface area contributed by atoms with Gasteiger partial charge in [-0.25, -0.2) is 0 Å². The van der Waals surface area contributed by atoms with Crippen LogP contribution >= 0.6 is 8.38 Å². The molecule has 1 saturated heterocycles. The van der Waals surface area contributed by atoms with Gasteiger partial charge in [0.25, 0.3) is 5.56 Å². The van der Waals surface area contributed by atoms with E-state index in [-0.39, 0.29) is 11.4 Å². The van der Waals surface area contributed by atoms with Crippen LogP contribution in [0.25, 0.3) is 10.8 Å². The van der Waals surface area contributed by atoms with Crippen LogP contribution in [0, 0.1) is 0 Å². The number of anilines is 1.